The first-order valence-electron chi connectivity index (χ1n) is 6.31. The quantitative estimate of drug-likeness (QED) is 0.781. The van der Waals surface area contributed by atoms with E-state index in [-0.39, 0.29) is 0 Å². The Morgan fingerprint density at radius 1 is 1.29 bits per heavy atom. The summed E-state index contributed by atoms with van der Waals surface area (Å²) in [6.45, 7) is 7.64. The van der Waals surface area contributed by atoms with Crippen LogP contribution in [0.4, 0.5) is 5.13 Å². The molecule has 3 nitrogen and oxygen atoms in total. The second kappa shape index (κ2) is 7.21. The molecule has 17 heavy (non-hydrogen) atoms. The zero-order chi connectivity index (χ0) is 12.7. The molecule has 0 amide bonds. The lowest BCUT2D eigenvalue weighted by molar-refractivity contribution is 0.574. The van der Waals surface area contributed by atoms with Crippen molar-refractivity contribution in [2.45, 2.75) is 51.2 Å². The standard InChI is InChI=1S/C12H23N3S2/c1-5-8-10-14-11(17-15-10)13-9-12(6-2,7-3)16-4/h5-9H2,1-4H3,(H,13,14,15). The van der Waals surface area contributed by atoms with Crippen molar-refractivity contribution in [3.8, 4) is 0 Å². The molecule has 0 saturated heterocycles. The van der Waals surface area contributed by atoms with Gasteiger partial charge in [-0.25, -0.2) is 4.98 Å². The van der Waals surface area contributed by atoms with Gasteiger partial charge in [-0.3, -0.25) is 0 Å². The number of nitrogens with zero attached hydrogens (tertiary/aromatic N) is 2. The minimum atomic E-state index is 0.330. The molecule has 5 heteroatoms. The highest BCUT2D eigenvalue weighted by Gasteiger charge is 2.24. The fourth-order valence-electron chi connectivity index (χ4n) is 1.75. The van der Waals surface area contributed by atoms with E-state index >= 15 is 0 Å². The predicted octanol–water partition coefficient (Wildman–Crippen LogP) is 3.82. The molecule has 0 bridgehead atoms. The van der Waals surface area contributed by atoms with Gasteiger partial charge in [0.15, 0.2) is 0 Å². The van der Waals surface area contributed by atoms with Gasteiger partial charge in [-0.2, -0.15) is 16.1 Å². The molecule has 1 rings (SSSR count). The second-order valence-corrected chi connectivity index (χ2v) is 6.24. The molecule has 0 aliphatic carbocycles. The molecule has 0 radical (unpaired) electrons. The van der Waals surface area contributed by atoms with Gasteiger partial charge in [0, 0.05) is 29.2 Å². The van der Waals surface area contributed by atoms with Gasteiger partial charge in [0.05, 0.1) is 0 Å². The molecule has 98 valence electrons. The summed E-state index contributed by atoms with van der Waals surface area (Å²) in [6.07, 6.45) is 6.64. The minimum absolute atomic E-state index is 0.330. The maximum Gasteiger partial charge on any atom is 0.202 e. The third-order valence-corrected chi connectivity index (χ3v) is 5.52. The first kappa shape index (κ1) is 14.8. The zero-order valence-electron chi connectivity index (χ0n) is 11.2. The highest BCUT2D eigenvalue weighted by atomic mass is 32.2. The summed E-state index contributed by atoms with van der Waals surface area (Å²) in [6, 6.07) is 0. The molecule has 1 N–H and O–H groups in total. The molecule has 0 unspecified atom stereocenters. The molecule has 1 aromatic heterocycles. The first-order valence-corrected chi connectivity index (χ1v) is 8.31. The Balaban J connectivity index is 2.53. The predicted molar refractivity (Wildman–Crippen MR) is 79.2 cm³/mol. The summed E-state index contributed by atoms with van der Waals surface area (Å²) in [5.74, 6) is 0.975. The SMILES string of the molecule is CCCc1nsc(NCC(CC)(CC)SC)n1. The van der Waals surface area contributed by atoms with E-state index in [4.69, 9.17) is 0 Å². The van der Waals surface area contributed by atoms with Crippen molar-refractivity contribution in [3.05, 3.63) is 5.82 Å². The summed E-state index contributed by atoms with van der Waals surface area (Å²) in [4.78, 5) is 4.49. The highest BCUT2D eigenvalue weighted by Crippen LogP contribution is 2.30. The maximum atomic E-state index is 4.49. The van der Waals surface area contributed by atoms with Crippen LogP contribution in [-0.2, 0) is 6.42 Å². The topological polar surface area (TPSA) is 37.8 Å². The lowest BCUT2D eigenvalue weighted by Gasteiger charge is -2.29. The minimum Gasteiger partial charge on any atom is -0.359 e. The Hall–Kier alpha value is -0.290. The van der Waals surface area contributed by atoms with Gasteiger partial charge >= 0.3 is 0 Å². The van der Waals surface area contributed by atoms with Crippen molar-refractivity contribution in [2.75, 3.05) is 18.1 Å². The van der Waals surface area contributed by atoms with Crippen molar-refractivity contribution in [3.63, 3.8) is 0 Å². The van der Waals surface area contributed by atoms with Crippen LogP contribution in [0.5, 0.6) is 0 Å². The fraction of sp³-hybridized carbons (Fsp3) is 0.833. The van der Waals surface area contributed by atoms with Gasteiger partial charge < -0.3 is 5.32 Å². The number of nitrogens with one attached hydrogen (secondary N) is 1. The molecule has 1 aromatic rings. The highest BCUT2D eigenvalue weighted by molar-refractivity contribution is 8.00. The van der Waals surface area contributed by atoms with E-state index in [0.29, 0.717) is 4.75 Å². The Bertz CT molecular complexity index is 313. The number of anilines is 1. The molecule has 1 heterocycles. The lowest BCUT2D eigenvalue weighted by atomic mass is 10.0. The van der Waals surface area contributed by atoms with Crippen molar-refractivity contribution in [1.82, 2.24) is 9.36 Å². The molecule has 0 aromatic carbocycles. The van der Waals surface area contributed by atoms with Crippen LogP contribution < -0.4 is 5.32 Å². The van der Waals surface area contributed by atoms with Crippen LogP contribution >= 0.6 is 23.3 Å². The van der Waals surface area contributed by atoms with E-state index in [0.717, 1.165) is 30.3 Å². The van der Waals surface area contributed by atoms with E-state index in [1.54, 1.807) is 0 Å². The van der Waals surface area contributed by atoms with Crippen LogP contribution in [0.15, 0.2) is 0 Å². The number of thioether (sulfide) groups is 1. The average molecular weight is 273 g/mol. The monoisotopic (exact) mass is 273 g/mol. The van der Waals surface area contributed by atoms with Crippen LogP contribution in [0.25, 0.3) is 0 Å². The Morgan fingerprint density at radius 3 is 2.53 bits per heavy atom. The molecule has 0 aliphatic rings. The van der Waals surface area contributed by atoms with Crippen LogP contribution in [0.2, 0.25) is 0 Å². The van der Waals surface area contributed by atoms with E-state index in [1.807, 2.05) is 11.8 Å². The summed E-state index contributed by atoms with van der Waals surface area (Å²) in [5.41, 5.74) is 0. The van der Waals surface area contributed by atoms with Crippen molar-refractivity contribution in [1.29, 1.82) is 0 Å². The molecular weight excluding hydrogens is 250 g/mol. The molecule has 0 saturated carbocycles. The van der Waals surface area contributed by atoms with Crippen LogP contribution in [0, 0.1) is 0 Å². The molecular formula is C12H23N3S2. The van der Waals surface area contributed by atoms with Gasteiger partial charge in [0.1, 0.15) is 5.82 Å². The largest absolute Gasteiger partial charge is 0.359 e. The van der Waals surface area contributed by atoms with Gasteiger partial charge in [-0.15, -0.1) is 0 Å². The summed E-state index contributed by atoms with van der Waals surface area (Å²) in [7, 11) is 0. The normalized spacial score (nSPS) is 11.8. The zero-order valence-corrected chi connectivity index (χ0v) is 12.9. The van der Waals surface area contributed by atoms with Crippen LogP contribution in [0.1, 0.15) is 45.9 Å². The number of rotatable bonds is 8. The van der Waals surface area contributed by atoms with Crippen LogP contribution in [0.3, 0.4) is 0 Å². The second-order valence-electron chi connectivity index (χ2n) is 4.21. The van der Waals surface area contributed by atoms with Gasteiger partial charge in [0.25, 0.3) is 0 Å². The van der Waals surface area contributed by atoms with E-state index in [1.165, 1.54) is 24.4 Å². The average Bonchev–Trinajstić information content (AvgIpc) is 2.80. The maximum absolute atomic E-state index is 4.49. The smallest absolute Gasteiger partial charge is 0.202 e. The molecule has 0 atom stereocenters. The summed E-state index contributed by atoms with van der Waals surface area (Å²) < 4.78 is 4.68. The van der Waals surface area contributed by atoms with E-state index in [2.05, 4.69) is 41.7 Å². The number of hydrogen-bond acceptors (Lipinski definition) is 5. The van der Waals surface area contributed by atoms with Crippen molar-refractivity contribution < 1.29 is 0 Å². The number of hydrogen-bond donors (Lipinski definition) is 1. The third-order valence-electron chi connectivity index (χ3n) is 3.23. The molecule has 0 spiro atoms. The fourth-order valence-corrected chi connectivity index (χ4v) is 3.15. The van der Waals surface area contributed by atoms with Gasteiger partial charge in [-0.05, 0) is 25.5 Å². The third kappa shape index (κ3) is 4.14. The van der Waals surface area contributed by atoms with Gasteiger partial charge in [-0.1, -0.05) is 20.8 Å². The number of aromatic nitrogens is 2. The Labute approximate surface area is 113 Å². The lowest BCUT2D eigenvalue weighted by Crippen LogP contribution is -2.31. The summed E-state index contributed by atoms with van der Waals surface area (Å²) in [5, 5.41) is 4.41. The van der Waals surface area contributed by atoms with Crippen molar-refractivity contribution in [2.24, 2.45) is 0 Å². The van der Waals surface area contributed by atoms with Crippen LogP contribution in [-0.4, -0.2) is 26.9 Å². The Morgan fingerprint density at radius 2 is 2.00 bits per heavy atom. The molecule has 0 fully saturated rings. The summed E-state index contributed by atoms with van der Waals surface area (Å²) >= 11 is 3.43. The van der Waals surface area contributed by atoms with E-state index < -0.39 is 0 Å². The van der Waals surface area contributed by atoms with Crippen molar-refractivity contribution >= 4 is 28.4 Å². The Kier molecular flexibility index (Phi) is 6.27. The first-order chi connectivity index (χ1) is 8.19. The van der Waals surface area contributed by atoms with Gasteiger partial charge in [0.2, 0.25) is 5.13 Å². The van der Waals surface area contributed by atoms with E-state index in [9.17, 15) is 0 Å². The molecule has 0 aliphatic heterocycles. The number of aryl methyl sites for hydroxylation is 1.